The Labute approximate surface area is 115 Å². The molecule has 0 aliphatic carbocycles. The normalized spacial score (nSPS) is 24.5. The van der Waals surface area contributed by atoms with Gasteiger partial charge in [0, 0.05) is 23.5 Å². The van der Waals surface area contributed by atoms with Crippen LogP contribution in [0.5, 0.6) is 0 Å². The Morgan fingerprint density at radius 2 is 2.20 bits per heavy atom. The van der Waals surface area contributed by atoms with Gasteiger partial charge >= 0.3 is 0 Å². The first kappa shape index (κ1) is 11.7. The van der Waals surface area contributed by atoms with Gasteiger partial charge in [-0.1, -0.05) is 18.2 Å². The van der Waals surface area contributed by atoms with Crippen LogP contribution in [0.4, 0.5) is 0 Å². The first-order valence-electron chi connectivity index (χ1n) is 6.77. The molecular formula is C15H14N2O3. The standard InChI is InChI=1S/C15H14N2O3/c18-14-6-12(11-3-1-2-4-13(11)16-14)15(19)17-7-10-5-9(17)8-20-10/h1-4,6,9-10H,5,7-8H2,(H,16,18)/t9-,10+/m0/s1. The van der Waals surface area contributed by atoms with Crippen LogP contribution in [0.2, 0.25) is 0 Å². The fraction of sp³-hybridized carbons (Fsp3) is 0.333. The van der Waals surface area contributed by atoms with Crippen molar-refractivity contribution in [3.8, 4) is 0 Å². The summed E-state index contributed by atoms with van der Waals surface area (Å²) in [5, 5.41) is 0.792. The van der Waals surface area contributed by atoms with E-state index in [-0.39, 0.29) is 23.6 Å². The quantitative estimate of drug-likeness (QED) is 0.845. The molecule has 5 heteroatoms. The van der Waals surface area contributed by atoms with Crippen molar-refractivity contribution in [2.24, 2.45) is 0 Å². The number of para-hydroxylation sites is 1. The molecule has 2 aliphatic rings. The second-order valence-corrected chi connectivity index (χ2v) is 5.40. The number of carbonyl (C=O) groups is 1. The summed E-state index contributed by atoms with van der Waals surface area (Å²) in [6.45, 7) is 1.24. The van der Waals surface area contributed by atoms with E-state index in [9.17, 15) is 9.59 Å². The Kier molecular flexibility index (Phi) is 2.44. The van der Waals surface area contributed by atoms with Crippen molar-refractivity contribution in [1.82, 2.24) is 9.88 Å². The summed E-state index contributed by atoms with van der Waals surface area (Å²) in [5.74, 6) is -0.0666. The van der Waals surface area contributed by atoms with Crippen LogP contribution in [-0.4, -0.2) is 41.1 Å². The van der Waals surface area contributed by atoms with Crippen LogP contribution in [0, 0.1) is 0 Å². The average Bonchev–Trinajstić information content (AvgIpc) is 3.08. The highest BCUT2D eigenvalue weighted by atomic mass is 16.5. The van der Waals surface area contributed by atoms with Gasteiger partial charge in [0.25, 0.3) is 5.91 Å². The van der Waals surface area contributed by atoms with Crippen LogP contribution in [0.25, 0.3) is 10.9 Å². The lowest BCUT2D eigenvalue weighted by atomic mass is 10.1. The predicted molar refractivity (Wildman–Crippen MR) is 73.8 cm³/mol. The van der Waals surface area contributed by atoms with Crippen LogP contribution in [0.1, 0.15) is 16.8 Å². The molecule has 2 fully saturated rings. The van der Waals surface area contributed by atoms with Gasteiger partial charge in [0.15, 0.2) is 0 Å². The number of H-pyrrole nitrogens is 1. The fourth-order valence-corrected chi connectivity index (χ4v) is 3.18. The third-order valence-corrected chi connectivity index (χ3v) is 4.14. The Morgan fingerprint density at radius 3 is 2.95 bits per heavy atom. The minimum absolute atomic E-state index is 0.0666. The lowest BCUT2D eigenvalue weighted by Gasteiger charge is -2.27. The molecular weight excluding hydrogens is 256 g/mol. The summed E-state index contributed by atoms with van der Waals surface area (Å²) < 4.78 is 5.52. The largest absolute Gasteiger partial charge is 0.374 e. The lowest BCUT2D eigenvalue weighted by Crippen LogP contribution is -2.41. The third kappa shape index (κ3) is 1.67. The monoisotopic (exact) mass is 270 g/mol. The van der Waals surface area contributed by atoms with E-state index in [1.165, 1.54) is 6.07 Å². The Balaban J connectivity index is 1.82. The van der Waals surface area contributed by atoms with Crippen LogP contribution in [-0.2, 0) is 4.74 Å². The number of fused-ring (bicyclic) bond motifs is 3. The molecule has 102 valence electrons. The highest BCUT2D eigenvalue weighted by Gasteiger charge is 2.41. The van der Waals surface area contributed by atoms with Gasteiger partial charge in [-0.25, -0.2) is 0 Å². The SMILES string of the molecule is O=C(c1cc(=O)[nH]c2ccccc12)N1C[C@H]2C[C@H]1CO2. The maximum Gasteiger partial charge on any atom is 0.255 e. The van der Waals surface area contributed by atoms with Crippen LogP contribution in [0.15, 0.2) is 35.1 Å². The van der Waals surface area contributed by atoms with Crippen LogP contribution >= 0.6 is 0 Å². The molecule has 3 heterocycles. The summed E-state index contributed by atoms with van der Waals surface area (Å²) in [6, 6.07) is 8.95. The van der Waals surface area contributed by atoms with E-state index in [4.69, 9.17) is 4.74 Å². The molecule has 2 aromatic rings. The van der Waals surface area contributed by atoms with Crippen LogP contribution < -0.4 is 5.56 Å². The molecule has 0 radical (unpaired) electrons. The van der Waals surface area contributed by atoms with Gasteiger partial charge < -0.3 is 14.6 Å². The number of carbonyl (C=O) groups excluding carboxylic acids is 1. The Bertz CT molecular complexity index is 752. The van der Waals surface area contributed by atoms with Crippen molar-refractivity contribution in [3.05, 3.63) is 46.2 Å². The first-order valence-corrected chi connectivity index (χ1v) is 6.77. The topological polar surface area (TPSA) is 62.4 Å². The van der Waals surface area contributed by atoms with Gasteiger partial charge in [0.05, 0.1) is 24.3 Å². The zero-order valence-electron chi connectivity index (χ0n) is 10.8. The predicted octanol–water partition coefficient (Wildman–Crippen LogP) is 1.14. The van der Waals surface area contributed by atoms with Crippen molar-refractivity contribution in [2.45, 2.75) is 18.6 Å². The molecule has 2 aliphatic heterocycles. The van der Waals surface area contributed by atoms with Crippen LogP contribution in [0.3, 0.4) is 0 Å². The smallest absolute Gasteiger partial charge is 0.255 e. The number of benzene rings is 1. The van der Waals surface area contributed by atoms with Gasteiger partial charge in [-0.2, -0.15) is 0 Å². The number of nitrogens with zero attached hydrogens (tertiary/aromatic N) is 1. The van der Waals surface area contributed by atoms with Gasteiger partial charge in [-0.3, -0.25) is 9.59 Å². The molecule has 1 amide bonds. The zero-order chi connectivity index (χ0) is 13.7. The number of rotatable bonds is 1. The maximum atomic E-state index is 12.7. The molecule has 1 N–H and O–H groups in total. The molecule has 2 atom stereocenters. The Hall–Kier alpha value is -2.14. The highest BCUT2D eigenvalue weighted by Crippen LogP contribution is 2.30. The number of likely N-dealkylation sites (tertiary alicyclic amines) is 1. The number of morpholine rings is 1. The fourth-order valence-electron chi connectivity index (χ4n) is 3.18. The van der Waals surface area contributed by atoms with E-state index < -0.39 is 0 Å². The van der Waals surface area contributed by atoms with Gasteiger partial charge in [0.1, 0.15) is 0 Å². The van der Waals surface area contributed by atoms with E-state index in [0.717, 1.165) is 11.8 Å². The maximum absolute atomic E-state index is 12.7. The summed E-state index contributed by atoms with van der Waals surface area (Å²) in [6.07, 6.45) is 1.07. The summed E-state index contributed by atoms with van der Waals surface area (Å²) in [4.78, 5) is 29.1. The first-order chi connectivity index (χ1) is 9.72. The molecule has 0 saturated carbocycles. The minimum atomic E-state index is -0.243. The van der Waals surface area contributed by atoms with Gasteiger partial charge in [0.2, 0.25) is 5.56 Å². The number of aromatic amines is 1. The third-order valence-electron chi connectivity index (χ3n) is 4.14. The van der Waals surface area contributed by atoms with Gasteiger partial charge in [-0.15, -0.1) is 0 Å². The molecule has 0 spiro atoms. The van der Waals surface area contributed by atoms with E-state index in [1.807, 2.05) is 29.2 Å². The Morgan fingerprint density at radius 1 is 1.35 bits per heavy atom. The van der Waals surface area contributed by atoms with Crippen molar-refractivity contribution in [1.29, 1.82) is 0 Å². The summed E-state index contributed by atoms with van der Waals surface area (Å²) in [7, 11) is 0. The molecule has 5 nitrogen and oxygen atoms in total. The molecule has 2 bridgehead atoms. The van der Waals surface area contributed by atoms with E-state index >= 15 is 0 Å². The summed E-state index contributed by atoms with van der Waals surface area (Å²) >= 11 is 0. The number of hydrogen-bond acceptors (Lipinski definition) is 3. The van der Waals surface area contributed by atoms with Crippen molar-refractivity contribution in [3.63, 3.8) is 0 Å². The van der Waals surface area contributed by atoms with Crippen molar-refractivity contribution in [2.75, 3.05) is 13.2 Å². The van der Waals surface area contributed by atoms with E-state index in [0.29, 0.717) is 24.2 Å². The molecule has 1 aromatic carbocycles. The molecule has 1 aromatic heterocycles. The molecule has 2 saturated heterocycles. The second kappa shape index (κ2) is 4.18. The average molecular weight is 270 g/mol. The second-order valence-electron chi connectivity index (χ2n) is 5.40. The number of aromatic nitrogens is 1. The van der Waals surface area contributed by atoms with E-state index in [2.05, 4.69) is 4.98 Å². The van der Waals surface area contributed by atoms with Crippen molar-refractivity contribution < 1.29 is 9.53 Å². The lowest BCUT2D eigenvalue weighted by molar-refractivity contribution is 0.0260. The number of hydrogen-bond donors (Lipinski definition) is 1. The number of amides is 1. The number of pyridine rings is 1. The zero-order valence-corrected chi connectivity index (χ0v) is 10.8. The highest BCUT2D eigenvalue weighted by molar-refractivity contribution is 6.06. The number of ether oxygens (including phenoxy) is 1. The molecule has 0 unspecified atom stereocenters. The minimum Gasteiger partial charge on any atom is -0.374 e. The molecule has 20 heavy (non-hydrogen) atoms. The molecule has 4 rings (SSSR count). The number of nitrogens with one attached hydrogen (secondary N) is 1. The van der Waals surface area contributed by atoms with E-state index in [1.54, 1.807) is 0 Å². The summed E-state index contributed by atoms with van der Waals surface area (Å²) in [5.41, 5.74) is 0.938. The van der Waals surface area contributed by atoms with Crippen molar-refractivity contribution >= 4 is 16.8 Å². The van der Waals surface area contributed by atoms with Gasteiger partial charge in [-0.05, 0) is 12.5 Å².